The molecule has 29 heavy (non-hydrogen) atoms. The highest BCUT2D eigenvalue weighted by Crippen LogP contribution is 2.39. The van der Waals surface area contributed by atoms with Crippen molar-refractivity contribution in [3.05, 3.63) is 45.1 Å². The van der Waals surface area contributed by atoms with Crippen LogP contribution in [0, 0.1) is 0 Å². The molecule has 1 unspecified atom stereocenters. The van der Waals surface area contributed by atoms with Crippen molar-refractivity contribution in [3.63, 3.8) is 0 Å². The van der Waals surface area contributed by atoms with Gasteiger partial charge in [0.25, 0.3) is 5.91 Å². The average molecular weight is 437 g/mol. The molecular formula is C20H22Cl2N4O3. The number of urea groups is 1. The second-order valence-electron chi connectivity index (χ2n) is 7.51. The third-order valence-corrected chi connectivity index (χ3v) is 6.62. The van der Waals surface area contributed by atoms with Crippen LogP contribution in [0.3, 0.4) is 0 Å². The van der Waals surface area contributed by atoms with Gasteiger partial charge in [-0.3, -0.25) is 14.5 Å². The van der Waals surface area contributed by atoms with E-state index in [1.165, 1.54) is 4.90 Å². The number of nitrogens with one attached hydrogen (secondary N) is 1. The second kappa shape index (κ2) is 7.88. The summed E-state index contributed by atoms with van der Waals surface area (Å²) in [6.45, 7) is 2.19. The Morgan fingerprint density at radius 3 is 2.66 bits per heavy atom. The van der Waals surface area contributed by atoms with E-state index in [9.17, 15) is 14.4 Å². The van der Waals surface area contributed by atoms with Gasteiger partial charge in [0.2, 0.25) is 5.91 Å². The molecule has 0 spiro atoms. The smallest absolute Gasteiger partial charge is 0.322 e. The van der Waals surface area contributed by atoms with Gasteiger partial charge in [-0.25, -0.2) is 4.79 Å². The molecule has 4 rings (SSSR count). The SMILES string of the molecule is CN1C(=O)NC(c2cccc(Cl)c2Cl)C2=C1CN(CCC(=O)N1CCCC1)C2=O. The van der Waals surface area contributed by atoms with Crippen LogP contribution in [0.5, 0.6) is 0 Å². The number of rotatable bonds is 4. The van der Waals surface area contributed by atoms with Gasteiger partial charge in [-0.2, -0.15) is 0 Å². The highest BCUT2D eigenvalue weighted by atomic mass is 35.5. The molecule has 0 bridgehead atoms. The van der Waals surface area contributed by atoms with Crippen LogP contribution in [0.1, 0.15) is 30.9 Å². The van der Waals surface area contributed by atoms with E-state index in [-0.39, 0.29) is 24.3 Å². The minimum absolute atomic E-state index is 0.0668. The monoisotopic (exact) mass is 436 g/mol. The molecule has 0 radical (unpaired) electrons. The van der Waals surface area contributed by atoms with E-state index < -0.39 is 6.04 Å². The van der Waals surface area contributed by atoms with Crippen LogP contribution in [-0.4, -0.2) is 65.8 Å². The topological polar surface area (TPSA) is 73.0 Å². The summed E-state index contributed by atoms with van der Waals surface area (Å²) in [4.78, 5) is 43.0. The molecule has 9 heteroatoms. The lowest BCUT2D eigenvalue weighted by molar-refractivity contribution is -0.131. The van der Waals surface area contributed by atoms with E-state index in [2.05, 4.69) is 5.32 Å². The molecule has 3 heterocycles. The first kappa shape index (κ1) is 20.0. The molecule has 154 valence electrons. The Morgan fingerprint density at radius 1 is 1.21 bits per heavy atom. The van der Waals surface area contributed by atoms with Gasteiger partial charge in [-0.1, -0.05) is 35.3 Å². The van der Waals surface area contributed by atoms with Gasteiger partial charge in [-0.05, 0) is 24.5 Å². The highest BCUT2D eigenvalue weighted by Gasteiger charge is 2.43. The number of likely N-dealkylation sites (tertiary alicyclic amines) is 1. The zero-order valence-corrected chi connectivity index (χ0v) is 17.6. The Hall–Kier alpha value is -2.25. The van der Waals surface area contributed by atoms with Gasteiger partial charge in [0, 0.05) is 33.1 Å². The van der Waals surface area contributed by atoms with Gasteiger partial charge in [-0.15, -0.1) is 0 Å². The Bertz CT molecular complexity index is 911. The van der Waals surface area contributed by atoms with Crippen LogP contribution < -0.4 is 5.32 Å². The molecule has 0 aromatic heterocycles. The number of hydrogen-bond donors (Lipinski definition) is 1. The number of likely N-dealkylation sites (N-methyl/N-ethyl adjacent to an activating group) is 1. The molecule has 1 N–H and O–H groups in total. The molecule has 1 atom stereocenters. The van der Waals surface area contributed by atoms with Gasteiger partial charge in [0.15, 0.2) is 0 Å². The maximum absolute atomic E-state index is 13.2. The van der Waals surface area contributed by atoms with Crippen molar-refractivity contribution in [2.24, 2.45) is 0 Å². The number of carbonyl (C=O) groups is 3. The summed E-state index contributed by atoms with van der Waals surface area (Å²) in [6.07, 6.45) is 2.34. The summed E-state index contributed by atoms with van der Waals surface area (Å²) >= 11 is 12.5. The summed E-state index contributed by atoms with van der Waals surface area (Å²) < 4.78 is 0. The number of halogens is 2. The molecule has 3 aliphatic heterocycles. The van der Waals surface area contributed by atoms with Crippen LogP contribution in [0.4, 0.5) is 4.79 Å². The molecule has 1 saturated heterocycles. The van der Waals surface area contributed by atoms with E-state index in [0.29, 0.717) is 40.0 Å². The molecule has 3 aliphatic rings. The van der Waals surface area contributed by atoms with E-state index in [1.54, 1.807) is 30.1 Å². The standard InChI is InChI=1S/C20H22Cl2N4O3/c1-24-14-11-26(10-7-15(27)25-8-2-3-9-25)19(28)16(14)18(23-20(24)29)12-5-4-6-13(21)17(12)22/h4-6,18H,2-3,7-11H2,1H3,(H,23,29). The Labute approximate surface area is 179 Å². The largest absolute Gasteiger partial charge is 0.343 e. The fourth-order valence-corrected chi connectivity index (χ4v) is 4.55. The van der Waals surface area contributed by atoms with E-state index in [1.807, 2.05) is 4.90 Å². The Kier molecular flexibility index (Phi) is 5.44. The third-order valence-electron chi connectivity index (χ3n) is 5.78. The zero-order valence-electron chi connectivity index (χ0n) is 16.1. The number of amides is 4. The first-order valence-corrected chi connectivity index (χ1v) is 10.4. The molecule has 0 aliphatic carbocycles. The first-order valence-electron chi connectivity index (χ1n) is 9.66. The maximum Gasteiger partial charge on any atom is 0.322 e. The summed E-state index contributed by atoms with van der Waals surface area (Å²) in [5.41, 5.74) is 1.69. The Morgan fingerprint density at radius 2 is 1.93 bits per heavy atom. The first-order chi connectivity index (χ1) is 13.9. The van der Waals surface area contributed by atoms with Crippen molar-refractivity contribution < 1.29 is 14.4 Å². The van der Waals surface area contributed by atoms with Crippen molar-refractivity contribution in [1.29, 1.82) is 0 Å². The zero-order chi connectivity index (χ0) is 20.7. The third kappa shape index (κ3) is 3.57. The number of benzene rings is 1. The van der Waals surface area contributed by atoms with Crippen molar-refractivity contribution >= 4 is 41.0 Å². The lowest BCUT2D eigenvalue weighted by atomic mass is 9.95. The second-order valence-corrected chi connectivity index (χ2v) is 8.29. The number of nitrogens with zero attached hydrogens (tertiary/aromatic N) is 3. The molecule has 7 nitrogen and oxygen atoms in total. The summed E-state index contributed by atoms with van der Waals surface area (Å²) in [5, 5.41) is 3.52. The lowest BCUT2D eigenvalue weighted by Crippen LogP contribution is -2.45. The minimum atomic E-state index is -0.674. The van der Waals surface area contributed by atoms with Crippen LogP contribution in [-0.2, 0) is 9.59 Å². The number of hydrogen-bond acceptors (Lipinski definition) is 3. The van der Waals surface area contributed by atoms with E-state index in [4.69, 9.17) is 23.2 Å². The van der Waals surface area contributed by atoms with Crippen LogP contribution in [0.2, 0.25) is 10.0 Å². The van der Waals surface area contributed by atoms with Gasteiger partial charge in [0.05, 0.1) is 33.9 Å². The van der Waals surface area contributed by atoms with Crippen molar-refractivity contribution in [2.75, 3.05) is 33.2 Å². The van der Waals surface area contributed by atoms with Gasteiger partial charge < -0.3 is 15.1 Å². The minimum Gasteiger partial charge on any atom is -0.343 e. The lowest BCUT2D eigenvalue weighted by Gasteiger charge is -2.31. The van der Waals surface area contributed by atoms with Crippen molar-refractivity contribution in [2.45, 2.75) is 25.3 Å². The van der Waals surface area contributed by atoms with E-state index in [0.717, 1.165) is 25.9 Å². The quantitative estimate of drug-likeness (QED) is 0.788. The summed E-state index contributed by atoms with van der Waals surface area (Å²) in [5.74, 6) is -0.126. The predicted molar refractivity (Wildman–Crippen MR) is 110 cm³/mol. The summed E-state index contributed by atoms with van der Waals surface area (Å²) in [7, 11) is 1.63. The molecule has 1 aromatic rings. The predicted octanol–water partition coefficient (Wildman–Crippen LogP) is 2.80. The molecule has 0 saturated carbocycles. The fraction of sp³-hybridized carbons (Fsp3) is 0.450. The highest BCUT2D eigenvalue weighted by molar-refractivity contribution is 6.42. The average Bonchev–Trinajstić information content (AvgIpc) is 3.34. The normalized spacial score (nSPS) is 21.8. The van der Waals surface area contributed by atoms with E-state index >= 15 is 0 Å². The molecular weight excluding hydrogens is 415 g/mol. The molecule has 1 aromatic carbocycles. The summed E-state index contributed by atoms with van der Waals surface area (Å²) in [6, 6.07) is 4.16. The van der Waals surface area contributed by atoms with Crippen molar-refractivity contribution in [3.8, 4) is 0 Å². The fourth-order valence-electron chi connectivity index (χ4n) is 4.14. The van der Waals surface area contributed by atoms with Crippen LogP contribution >= 0.6 is 23.2 Å². The van der Waals surface area contributed by atoms with Gasteiger partial charge in [0.1, 0.15) is 0 Å². The maximum atomic E-state index is 13.2. The number of carbonyl (C=O) groups excluding carboxylic acids is 3. The molecule has 1 fully saturated rings. The van der Waals surface area contributed by atoms with Crippen LogP contribution in [0.15, 0.2) is 29.5 Å². The van der Waals surface area contributed by atoms with Crippen molar-refractivity contribution in [1.82, 2.24) is 20.0 Å². The van der Waals surface area contributed by atoms with Gasteiger partial charge >= 0.3 is 6.03 Å². The molecule has 4 amide bonds. The Balaban J connectivity index is 1.56. The van der Waals surface area contributed by atoms with Crippen LogP contribution in [0.25, 0.3) is 0 Å².